The number of hydrogen-bond acceptors (Lipinski definition) is 3. The average molecular weight is 160 g/mol. The standard InChI is InChI=1S/C6H6ClNO2/c1-5(4-8)6(9)10-3-2-7/h1-3H2. The third kappa shape index (κ3) is 3.10. The molecule has 0 aliphatic carbocycles. The van der Waals surface area contributed by atoms with Gasteiger partial charge < -0.3 is 4.74 Å². The third-order valence-corrected chi connectivity index (χ3v) is 0.846. The maximum absolute atomic E-state index is 10.5. The molecule has 0 spiro atoms. The molecule has 0 rings (SSSR count). The second-order valence-corrected chi connectivity index (χ2v) is 1.79. The molecule has 0 aliphatic heterocycles. The monoisotopic (exact) mass is 159 g/mol. The van der Waals surface area contributed by atoms with Crippen LogP contribution in [-0.4, -0.2) is 18.5 Å². The molecule has 54 valence electrons. The first-order valence-corrected chi connectivity index (χ1v) is 3.08. The van der Waals surface area contributed by atoms with E-state index < -0.39 is 5.97 Å². The van der Waals surface area contributed by atoms with Gasteiger partial charge in [-0.25, -0.2) is 4.79 Å². The number of halogens is 1. The average Bonchev–Trinajstić information content (AvgIpc) is 1.98. The minimum Gasteiger partial charge on any atom is -0.460 e. The normalized spacial score (nSPS) is 8.00. The van der Waals surface area contributed by atoms with Gasteiger partial charge in [-0.2, -0.15) is 5.26 Å². The summed E-state index contributed by atoms with van der Waals surface area (Å²) in [6.07, 6.45) is 0. The first kappa shape index (κ1) is 8.99. The van der Waals surface area contributed by atoms with Crippen LogP contribution in [0.2, 0.25) is 0 Å². The SMILES string of the molecule is C=C(C#N)C(=O)OCCCl. The summed E-state index contributed by atoms with van der Waals surface area (Å²) in [6, 6.07) is 1.56. The van der Waals surface area contributed by atoms with Crippen LogP contribution in [0.4, 0.5) is 0 Å². The van der Waals surface area contributed by atoms with Crippen LogP contribution < -0.4 is 0 Å². The van der Waals surface area contributed by atoms with E-state index in [1.807, 2.05) is 0 Å². The Hall–Kier alpha value is -1.01. The van der Waals surface area contributed by atoms with Crippen LogP contribution in [0.5, 0.6) is 0 Å². The summed E-state index contributed by atoms with van der Waals surface area (Å²) in [5, 5.41) is 8.12. The molecule has 0 saturated carbocycles. The van der Waals surface area contributed by atoms with Gasteiger partial charge in [-0.05, 0) is 0 Å². The van der Waals surface area contributed by atoms with Gasteiger partial charge in [0.15, 0.2) is 0 Å². The zero-order chi connectivity index (χ0) is 7.98. The molecule has 0 amide bonds. The molecule has 0 atom stereocenters. The minimum absolute atomic E-state index is 0.112. The summed E-state index contributed by atoms with van der Waals surface area (Å²) >= 11 is 5.20. The number of nitriles is 1. The van der Waals surface area contributed by atoms with Crippen LogP contribution in [0.15, 0.2) is 12.2 Å². The number of rotatable bonds is 3. The molecule has 0 saturated heterocycles. The van der Waals surface area contributed by atoms with Crippen molar-refractivity contribution >= 4 is 17.6 Å². The van der Waals surface area contributed by atoms with E-state index in [2.05, 4.69) is 11.3 Å². The van der Waals surface area contributed by atoms with Gasteiger partial charge in [-0.15, -0.1) is 11.6 Å². The van der Waals surface area contributed by atoms with Crippen molar-refractivity contribution in [1.82, 2.24) is 0 Å². The lowest BCUT2D eigenvalue weighted by Crippen LogP contribution is -2.07. The fraction of sp³-hybridized carbons (Fsp3) is 0.333. The van der Waals surface area contributed by atoms with Gasteiger partial charge in [0.2, 0.25) is 0 Å². The van der Waals surface area contributed by atoms with Gasteiger partial charge in [0.25, 0.3) is 0 Å². The summed E-state index contributed by atoms with van der Waals surface area (Å²) in [7, 11) is 0. The number of alkyl halides is 1. The van der Waals surface area contributed by atoms with Crippen molar-refractivity contribution in [2.24, 2.45) is 0 Å². The second kappa shape index (κ2) is 4.83. The van der Waals surface area contributed by atoms with E-state index in [1.165, 1.54) is 0 Å². The van der Waals surface area contributed by atoms with E-state index in [-0.39, 0.29) is 18.1 Å². The van der Waals surface area contributed by atoms with Crippen LogP contribution in [-0.2, 0) is 9.53 Å². The molecule has 0 aromatic carbocycles. The number of nitrogens with zero attached hydrogens (tertiary/aromatic N) is 1. The minimum atomic E-state index is -0.705. The Kier molecular flexibility index (Phi) is 4.34. The third-order valence-electron chi connectivity index (χ3n) is 0.692. The Morgan fingerprint density at radius 1 is 1.80 bits per heavy atom. The number of ether oxygens (including phenoxy) is 1. The van der Waals surface area contributed by atoms with Crippen molar-refractivity contribution in [3.63, 3.8) is 0 Å². The molecular formula is C6H6ClNO2. The summed E-state index contributed by atoms with van der Waals surface area (Å²) < 4.78 is 4.45. The molecule has 0 heterocycles. The summed E-state index contributed by atoms with van der Waals surface area (Å²) in [6.45, 7) is 3.26. The molecule has 0 unspecified atom stereocenters. The van der Waals surface area contributed by atoms with E-state index in [0.29, 0.717) is 0 Å². The van der Waals surface area contributed by atoms with E-state index >= 15 is 0 Å². The molecular weight excluding hydrogens is 154 g/mol. The molecule has 0 bridgehead atoms. The lowest BCUT2D eigenvalue weighted by atomic mass is 10.3. The van der Waals surface area contributed by atoms with Crippen LogP contribution in [0, 0.1) is 11.3 Å². The predicted octanol–water partition coefficient (Wildman–Crippen LogP) is 0.848. The van der Waals surface area contributed by atoms with Crippen LogP contribution in [0.3, 0.4) is 0 Å². The smallest absolute Gasteiger partial charge is 0.348 e. The number of esters is 1. The Balaban J connectivity index is 3.66. The molecule has 10 heavy (non-hydrogen) atoms. The Morgan fingerprint density at radius 2 is 2.40 bits per heavy atom. The van der Waals surface area contributed by atoms with Gasteiger partial charge in [-0.1, -0.05) is 6.58 Å². The lowest BCUT2D eigenvalue weighted by Gasteiger charge is -1.97. The van der Waals surface area contributed by atoms with Crippen molar-refractivity contribution in [3.05, 3.63) is 12.2 Å². The Labute approximate surface area is 63.8 Å². The van der Waals surface area contributed by atoms with Gasteiger partial charge in [-0.3, -0.25) is 0 Å². The Bertz CT molecular complexity index is 183. The largest absolute Gasteiger partial charge is 0.460 e. The fourth-order valence-electron chi connectivity index (χ4n) is 0.264. The number of carbonyl (C=O) groups excluding carboxylic acids is 1. The predicted molar refractivity (Wildman–Crippen MR) is 36.4 cm³/mol. The van der Waals surface area contributed by atoms with Crippen molar-refractivity contribution < 1.29 is 9.53 Å². The highest BCUT2D eigenvalue weighted by molar-refractivity contribution is 6.18. The second-order valence-electron chi connectivity index (χ2n) is 1.42. The molecule has 0 aliphatic rings. The highest BCUT2D eigenvalue weighted by atomic mass is 35.5. The van der Waals surface area contributed by atoms with Crippen LogP contribution in [0.25, 0.3) is 0 Å². The molecule has 3 nitrogen and oxygen atoms in total. The summed E-state index contributed by atoms with van der Waals surface area (Å²) in [5.41, 5.74) is -0.204. The maximum atomic E-state index is 10.5. The molecule has 4 heteroatoms. The van der Waals surface area contributed by atoms with Crippen LogP contribution >= 0.6 is 11.6 Å². The maximum Gasteiger partial charge on any atom is 0.348 e. The zero-order valence-electron chi connectivity index (χ0n) is 5.26. The van der Waals surface area contributed by atoms with Gasteiger partial charge in [0, 0.05) is 0 Å². The quantitative estimate of drug-likeness (QED) is 0.266. The van der Waals surface area contributed by atoms with E-state index in [9.17, 15) is 4.79 Å². The topological polar surface area (TPSA) is 50.1 Å². The first-order valence-electron chi connectivity index (χ1n) is 2.54. The summed E-state index contributed by atoms with van der Waals surface area (Å²) in [4.78, 5) is 10.5. The number of hydrogen-bond donors (Lipinski definition) is 0. The number of carbonyl (C=O) groups is 1. The molecule has 0 radical (unpaired) electrons. The molecule has 0 aromatic heterocycles. The van der Waals surface area contributed by atoms with Gasteiger partial charge in [0.05, 0.1) is 5.88 Å². The zero-order valence-corrected chi connectivity index (χ0v) is 6.02. The van der Waals surface area contributed by atoms with Crippen LogP contribution in [0.1, 0.15) is 0 Å². The summed E-state index contributed by atoms with van der Waals surface area (Å²) in [5.74, 6) is -0.479. The molecule has 0 fully saturated rings. The molecule has 0 aromatic rings. The van der Waals surface area contributed by atoms with Gasteiger partial charge in [0.1, 0.15) is 18.2 Å². The lowest BCUT2D eigenvalue weighted by molar-refractivity contribution is -0.137. The van der Waals surface area contributed by atoms with Crippen molar-refractivity contribution in [3.8, 4) is 6.07 Å². The highest BCUT2D eigenvalue weighted by Crippen LogP contribution is 1.91. The van der Waals surface area contributed by atoms with Crippen molar-refractivity contribution in [2.45, 2.75) is 0 Å². The highest BCUT2D eigenvalue weighted by Gasteiger charge is 2.05. The van der Waals surface area contributed by atoms with E-state index in [0.717, 1.165) is 0 Å². The van der Waals surface area contributed by atoms with Crippen molar-refractivity contribution in [1.29, 1.82) is 5.26 Å². The van der Waals surface area contributed by atoms with E-state index in [1.54, 1.807) is 6.07 Å². The van der Waals surface area contributed by atoms with Gasteiger partial charge >= 0.3 is 5.97 Å². The van der Waals surface area contributed by atoms with E-state index in [4.69, 9.17) is 16.9 Å². The molecule has 0 N–H and O–H groups in total. The Morgan fingerprint density at radius 3 is 2.80 bits per heavy atom. The van der Waals surface area contributed by atoms with Crippen molar-refractivity contribution in [2.75, 3.05) is 12.5 Å². The first-order chi connectivity index (χ1) is 4.72. The fourth-order valence-corrected chi connectivity index (χ4v) is 0.341.